The van der Waals surface area contributed by atoms with E-state index in [4.69, 9.17) is 4.42 Å². The Kier molecular flexibility index (Phi) is 9.17. The summed E-state index contributed by atoms with van der Waals surface area (Å²) in [7, 11) is 0. The van der Waals surface area contributed by atoms with Crippen molar-refractivity contribution in [3.8, 4) is 50.5 Å². The van der Waals surface area contributed by atoms with E-state index in [0.717, 1.165) is 45.4 Å². The number of para-hydroxylation sites is 3. The maximum atomic E-state index is 6.51. The zero-order chi connectivity index (χ0) is 41.6. The maximum absolute atomic E-state index is 6.51. The average molecular weight is 797 g/mol. The Morgan fingerprint density at radius 1 is 0.468 bits per heavy atom. The van der Waals surface area contributed by atoms with E-state index in [1.165, 1.54) is 55.5 Å². The van der Waals surface area contributed by atoms with Crippen LogP contribution < -0.4 is 4.90 Å². The lowest BCUT2D eigenvalue weighted by atomic mass is 9.81. The first-order valence-electron chi connectivity index (χ1n) is 21.3. The lowest BCUT2D eigenvalue weighted by molar-refractivity contribution is 0.571. The first kappa shape index (κ1) is 37.1. The molecule has 0 fully saturated rings. The number of fused-ring (bicyclic) bond motifs is 4. The van der Waals surface area contributed by atoms with E-state index in [1.54, 1.807) is 0 Å². The molecule has 1 aliphatic rings. The molecule has 296 valence electrons. The summed E-state index contributed by atoms with van der Waals surface area (Å²) < 4.78 is 8.98. The van der Waals surface area contributed by atoms with Crippen LogP contribution in [-0.2, 0) is 5.41 Å². The van der Waals surface area contributed by atoms with Crippen LogP contribution in [0.3, 0.4) is 0 Å². The number of benzene rings is 8. The number of furan rings is 1. The van der Waals surface area contributed by atoms with Crippen molar-refractivity contribution >= 4 is 40.1 Å². The highest BCUT2D eigenvalue weighted by Gasteiger charge is 2.37. The van der Waals surface area contributed by atoms with Gasteiger partial charge in [-0.2, -0.15) is 0 Å². The van der Waals surface area contributed by atoms with Gasteiger partial charge in [0, 0.05) is 44.7 Å². The summed E-state index contributed by atoms with van der Waals surface area (Å²) in [6.45, 7) is 4.72. The van der Waals surface area contributed by atoms with Gasteiger partial charge in [-0.15, -0.1) is 0 Å². The van der Waals surface area contributed by atoms with E-state index in [2.05, 4.69) is 254 Å². The van der Waals surface area contributed by atoms with E-state index < -0.39 is 0 Å². The molecule has 2 aromatic heterocycles. The van der Waals surface area contributed by atoms with Crippen LogP contribution in [0.25, 0.3) is 73.6 Å². The zero-order valence-electron chi connectivity index (χ0n) is 34.7. The van der Waals surface area contributed by atoms with Crippen LogP contribution in [0.1, 0.15) is 36.3 Å². The van der Waals surface area contributed by atoms with Crippen molar-refractivity contribution in [3.63, 3.8) is 0 Å². The Bertz CT molecular complexity index is 3180. The second-order valence-corrected chi connectivity index (χ2v) is 16.6. The predicted molar refractivity (Wildman–Crippen MR) is 259 cm³/mol. The van der Waals surface area contributed by atoms with Gasteiger partial charge in [0.1, 0.15) is 11.5 Å². The minimum Gasteiger partial charge on any atom is -0.457 e. The lowest BCUT2D eigenvalue weighted by Gasteiger charge is -2.25. The molecule has 0 atom stereocenters. The van der Waals surface area contributed by atoms with Gasteiger partial charge in [-0.05, 0) is 124 Å². The van der Waals surface area contributed by atoms with Gasteiger partial charge in [-0.3, -0.25) is 0 Å². The molecule has 62 heavy (non-hydrogen) atoms. The summed E-state index contributed by atoms with van der Waals surface area (Å²) in [5.74, 6) is 1.67. The fraction of sp³-hybridized carbons (Fsp3) is 0.0508. The molecule has 0 amide bonds. The van der Waals surface area contributed by atoms with E-state index in [0.29, 0.717) is 0 Å². The molecule has 3 heteroatoms. The zero-order valence-corrected chi connectivity index (χ0v) is 34.7. The van der Waals surface area contributed by atoms with Gasteiger partial charge in [-0.1, -0.05) is 159 Å². The second kappa shape index (κ2) is 15.3. The summed E-state index contributed by atoms with van der Waals surface area (Å²) in [6.07, 6.45) is 4.17. The van der Waals surface area contributed by atoms with Crippen LogP contribution in [-0.4, -0.2) is 4.57 Å². The van der Waals surface area contributed by atoms with E-state index in [9.17, 15) is 0 Å². The third-order valence-electron chi connectivity index (χ3n) is 12.4. The van der Waals surface area contributed by atoms with Gasteiger partial charge in [-0.25, -0.2) is 0 Å². The molecule has 0 N–H and O–H groups in total. The molecular formula is C59H44N2O. The molecule has 0 aliphatic heterocycles. The molecule has 0 spiro atoms. The minimum atomic E-state index is -0.238. The second-order valence-electron chi connectivity index (χ2n) is 16.6. The minimum absolute atomic E-state index is 0.238. The summed E-state index contributed by atoms with van der Waals surface area (Å²) in [6, 6.07) is 78.0. The van der Waals surface area contributed by atoms with Crippen molar-refractivity contribution < 1.29 is 4.42 Å². The van der Waals surface area contributed by atoms with E-state index in [-0.39, 0.29) is 5.41 Å². The SMILES string of the molecule is CC1(C)c2cc(-c3ccc(C=Cc4ccc(N(c5ccccc5)c5ccccc5)cc4)o3)ccc2-c2cc3c(-c4ccccc4)c(-c4ccccc4)n(-c4ccccc4)c3cc21. The van der Waals surface area contributed by atoms with E-state index >= 15 is 0 Å². The van der Waals surface area contributed by atoms with Gasteiger partial charge in [0.05, 0.1) is 11.2 Å². The molecule has 2 heterocycles. The van der Waals surface area contributed by atoms with Crippen LogP contribution in [0, 0.1) is 0 Å². The summed E-state index contributed by atoms with van der Waals surface area (Å²) >= 11 is 0. The molecule has 11 rings (SSSR count). The van der Waals surface area contributed by atoms with Crippen molar-refractivity contribution in [2.75, 3.05) is 4.90 Å². The van der Waals surface area contributed by atoms with Crippen LogP contribution >= 0.6 is 0 Å². The molecule has 0 unspecified atom stereocenters. The number of aromatic nitrogens is 1. The first-order chi connectivity index (χ1) is 30.5. The third kappa shape index (κ3) is 6.47. The number of anilines is 3. The highest BCUT2D eigenvalue weighted by atomic mass is 16.3. The Balaban J connectivity index is 0.937. The average Bonchev–Trinajstić information content (AvgIpc) is 4.01. The van der Waals surface area contributed by atoms with Crippen LogP contribution in [0.2, 0.25) is 0 Å². The molecule has 3 nitrogen and oxygen atoms in total. The topological polar surface area (TPSA) is 21.3 Å². The van der Waals surface area contributed by atoms with Gasteiger partial charge >= 0.3 is 0 Å². The van der Waals surface area contributed by atoms with Gasteiger partial charge in [0.2, 0.25) is 0 Å². The quantitative estimate of drug-likeness (QED) is 0.145. The van der Waals surface area contributed by atoms with Crippen LogP contribution in [0.4, 0.5) is 17.1 Å². The van der Waals surface area contributed by atoms with Crippen molar-refractivity contribution in [3.05, 3.63) is 241 Å². The number of hydrogen-bond acceptors (Lipinski definition) is 2. The molecule has 10 aromatic rings. The smallest absolute Gasteiger partial charge is 0.134 e. The van der Waals surface area contributed by atoms with Crippen LogP contribution in [0.15, 0.2) is 223 Å². The summed E-state index contributed by atoms with van der Waals surface area (Å²) in [5, 5.41) is 1.24. The monoisotopic (exact) mass is 796 g/mol. The number of hydrogen-bond donors (Lipinski definition) is 0. The normalized spacial score (nSPS) is 12.7. The van der Waals surface area contributed by atoms with Crippen molar-refractivity contribution in [1.82, 2.24) is 4.57 Å². The van der Waals surface area contributed by atoms with Gasteiger partial charge in [0.15, 0.2) is 0 Å². The van der Waals surface area contributed by atoms with Gasteiger partial charge in [0.25, 0.3) is 0 Å². The Hall–Kier alpha value is -7.88. The fourth-order valence-corrected chi connectivity index (χ4v) is 9.39. The standard InChI is InChI=1S/C59H44N2O/c1-59(2)53-38-44(56-37-35-49(62-56)34-30-41-28-32-48(33-29-41)60(45-22-12-5-13-23-45)46-24-14-6-15-25-46)31-36-50(53)51-39-52-55(40-54(51)59)61(47-26-16-7-17-27-47)58(43-20-10-4-11-21-43)57(52)42-18-8-3-9-19-42/h3-40H,1-2H3. The Labute approximate surface area is 363 Å². The molecule has 0 saturated heterocycles. The molecule has 0 radical (unpaired) electrons. The molecular weight excluding hydrogens is 753 g/mol. The van der Waals surface area contributed by atoms with Crippen LogP contribution in [0.5, 0.6) is 0 Å². The summed E-state index contributed by atoms with van der Waals surface area (Å²) in [4.78, 5) is 2.27. The predicted octanol–water partition coefficient (Wildman–Crippen LogP) is 16.2. The highest BCUT2D eigenvalue weighted by molar-refractivity contribution is 6.08. The summed E-state index contributed by atoms with van der Waals surface area (Å²) in [5.41, 5.74) is 17.7. The lowest BCUT2D eigenvalue weighted by Crippen LogP contribution is -2.15. The third-order valence-corrected chi connectivity index (χ3v) is 12.4. The fourth-order valence-electron chi connectivity index (χ4n) is 9.39. The molecule has 0 bridgehead atoms. The Morgan fingerprint density at radius 2 is 1.03 bits per heavy atom. The molecule has 0 saturated carbocycles. The number of rotatable bonds is 9. The largest absolute Gasteiger partial charge is 0.457 e. The van der Waals surface area contributed by atoms with Crippen molar-refractivity contribution in [1.29, 1.82) is 0 Å². The highest BCUT2D eigenvalue weighted by Crippen LogP contribution is 2.53. The molecule has 8 aromatic carbocycles. The maximum Gasteiger partial charge on any atom is 0.134 e. The number of nitrogens with zero attached hydrogens (tertiary/aromatic N) is 2. The van der Waals surface area contributed by atoms with E-state index in [1.807, 2.05) is 0 Å². The van der Waals surface area contributed by atoms with Gasteiger partial charge < -0.3 is 13.9 Å². The Morgan fingerprint density at radius 3 is 1.68 bits per heavy atom. The van der Waals surface area contributed by atoms with Crippen molar-refractivity contribution in [2.45, 2.75) is 19.3 Å². The first-order valence-corrected chi connectivity index (χ1v) is 21.3. The van der Waals surface area contributed by atoms with Crippen molar-refractivity contribution in [2.24, 2.45) is 0 Å². The molecule has 1 aliphatic carbocycles.